The summed E-state index contributed by atoms with van der Waals surface area (Å²) >= 11 is 0. The molecule has 17 nitrogen and oxygen atoms in total. The summed E-state index contributed by atoms with van der Waals surface area (Å²) in [4.78, 5) is 12.5. The highest BCUT2D eigenvalue weighted by Gasteiger charge is 2.47. The van der Waals surface area contributed by atoms with Crippen molar-refractivity contribution in [2.45, 2.75) is 63.4 Å². The molecule has 0 spiro atoms. The van der Waals surface area contributed by atoms with Gasteiger partial charge in [0.05, 0.1) is 33.4 Å². The highest BCUT2D eigenvalue weighted by molar-refractivity contribution is 7.33. The van der Waals surface area contributed by atoms with Crippen molar-refractivity contribution in [3.63, 3.8) is 0 Å². The summed E-state index contributed by atoms with van der Waals surface area (Å²) in [7, 11) is -1.79. The molecule has 1 fully saturated rings. The van der Waals surface area contributed by atoms with Gasteiger partial charge in [0.25, 0.3) is 0 Å². The number of rotatable bonds is 17. The van der Waals surface area contributed by atoms with E-state index in [0.717, 1.165) is 25.7 Å². The van der Waals surface area contributed by atoms with Crippen LogP contribution in [0.3, 0.4) is 0 Å². The molecule has 0 aromatic carbocycles. The van der Waals surface area contributed by atoms with Gasteiger partial charge in [-0.2, -0.15) is 0 Å². The van der Waals surface area contributed by atoms with E-state index in [-0.39, 0.29) is 19.0 Å². The van der Waals surface area contributed by atoms with Crippen LogP contribution in [0.25, 0.3) is 11.2 Å². The number of unbranched alkanes of at least 4 members (excludes halogenated alkanes) is 3. The fraction of sp³-hybridized carbons (Fsp3) is 0.667. The van der Waals surface area contributed by atoms with Gasteiger partial charge in [-0.1, -0.05) is 18.1 Å². The molecular formula is C21H32N8O9P2+2. The maximum atomic E-state index is 11.6. The summed E-state index contributed by atoms with van der Waals surface area (Å²) in [6.07, 6.45) is 4.30. The Hall–Kier alpha value is -2.59. The van der Waals surface area contributed by atoms with E-state index < -0.39 is 41.0 Å². The second kappa shape index (κ2) is 14.9. The van der Waals surface area contributed by atoms with Gasteiger partial charge in [-0.25, -0.2) is 15.0 Å². The quantitative estimate of drug-likeness (QED) is 0.167. The summed E-state index contributed by atoms with van der Waals surface area (Å²) in [5.74, 6) is 0.199. The minimum atomic E-state index is -2.36. The molecule has 4 heterocycles. The number of aromatic nitrogens is 7. The first-order valence-corrected chi connectivity index (χ1v) is 14.7. The molecule has 6 atom stereocenters. The van der Waals surface area contributed by atoms with Crippen LogP contribution in [0, 0.1) is 0 Å². The van der Waals surface area contributed by atoms with Crippen LogP contribution in [0.1, 0.15) is 37.6 Å². The number of imidazole rings is 1. The van der Waals surface area contributed by atoms with E-state index in [2.05, 4.69) is 34.3 Å². The van der Waals surface area contributed by atoms with E-state index in [1.54, 1.807) is 15.4 Å². The van der Waals surface area contributed by atoms with E-state index in [1.165, 1.54) is 26.9 Å². The van der Waals surface area contributed by atoms with Gasteiger partial charge in [0.15, 0.2) is 17.7 Å². The van der Waals surface area contributed by atoms with E-state index in [0.29, 0.717) is 30.0 Å². The summed E-state index contributed by atoms with van der Waals surface area (Å²) in [5, 5.41) is 19.3. The number of nitrogen functional groups attached to an aromatic ring is 1. The van der Waals surface area contributed by atoms with Crippen LogP contribution in [0.4, 0.5) is 5.82 Å². The lowest BCUT2D eigenvalue weighted by atomic mass is 10.1. The van der Waals surface area contributed by atoms with Crippen molar-refractivity contribution in [1.82, 2.24) is 34.5 Å². The zero-order valence-corrected chi connectivity index (χ0v) is 23.8. The Bertz CT molecular complexity index is 1280. The zero-order valence-electron chi connectivity index (χ0n) is 22.0. The number of nitrogens with zero attached hydrogens (tertiary/aromatic N) is 7. The number of aliphatic hydroxyl groups excluding tert-OH is 1. The summed E-state index contributed by atoms with van der Waals surface area (Å²) < 4.78 is 57.5. The highest BCUT2D eigenvalue weighted by Crippen LogP contribution is 2.36. The lowest BCUT2D eigenvalue weighted by Gasteiger charge is -2.21. The van der Waals surface area contributed by atoms with Crippen molar-refractivity contribution in [2.75, 3.05) is 33.2 Å². The third-order valence-corrected chi connectivity index (χ3v) is 7.45. The van der Waals surface area contributed by atoms with E-state index in [9.17, 15) is 14.2 Å². The fourth-order valence-corrected chi connectivity index (χ4v) is 4.88. The van der Waals surface area contributed by atoms with Gasteiger partial charge in [0.1, 0.15) is 49.1 Å². The van der Waals surface area contributed by atoms with Crippen molar-refractivity contribution >= 4 is 33.5 Å². The number of ether oxygens (including phenoxy) is 2. The number of aryl methyl sites for hydroxylation is 1. The molecule has 1 aliphatic rings. The number of nitrogens with two attached hydrogens (primary N) is 1. The summed E-state index contributed by atoms with van der Waals surface area (Å²) in [6, 6.07) is 0. The van der Waals surface area contributed by atoms with Crippen LogP contribution in [-0.2, 0) is 49.9 Å². The van der Waals surface area contributed by atoms with E-state index in [1.807, 2.05) is 0 Å². The number of aliphatic hydroxyl groups is 1. The Morgan fingerprint density at radius 1 is 1.07 bits per heavy atom. The van der Waals surface area contributed by atoms with Crippen LogP contribution in [0.15, 0.2) is 18.9 Å². The minimum absolute atomic E-state index is 0.0419. The third-order valence-electron chi connectivity index (χ3n) is 6.10. The first-order chi connectivity index (χ1) is 19.4. The Kier molecular flexibility index (Phi) is 11.3. The molecule has 3 unspecified atom stereocenters. The second-order valence-electron chi connectivity index (χ2n) is 8.74. The molecule has 0 aliphatic carbocycles. The smallest absolute Gasteiger partial charge is 0.387 e. The van der Waals surface area contributed by atoms with Gasteiger partial charge < -0.3 is 20.3 Å². The second-order valence-corrected chi connectivity index (χ2v) is 10.9. The average Bonchev–Trinajstić information content (AvgIpc) is 3.67. The minimum Gasteiger partial charge on any atom is -0.387 e. The van der Waals surface area contributed by atoms with Crippen LogP contribution in [-0.4, -0.2) is 85.4 Å². The third kappa shape index (κ3) is 7.78. The van der Waals surface area contributed by atoms with Crippen molar-refractivity contribution in [3.05, 3.63) is 24.5 Å². The van der Waals surface area contributed by atoms with Crippen LogP contribution >= 0.6 is 16.5 Å². The topological polar surface area (TPSA) is 210 Å². The Morgan fingerprint density at radius 2 is 1.85 bits per heavy atom. The largest absolute Gasteiger partial charge is 0.697 e. The monoisotopic (exact) mass is 602 g/mol. The lowest BCUT2D eigenvalue weighted by Crippen LogP contribution is -2.35. The van der Waals surface area contributed by atoms with Crippen LogP contribution in [0.2, 0.25) is 0 Å². The van der Waals surface area contributed by atoms with Gasteiger partial charge in [-0.15, -0.1) is 23.2 Å². The molecule has 3 aromatic heterocycles. The molecular weight excluding hydrogens is 570 g/mol. The highest BCUT2D eigenvalue weighted by atomic mass is 31.1. The maximum absolute atomic E-state index is 11.6. The summed E-state index contributed by atoms with van der Waals surface area (Å²) in [5.41, 5.74) is 7.25. The van der Waals surface area contributed by atoms with Gasteiger partial charge in [0.2, 0.25) is 0 Å². The SMILES string of the molecule is CO[P+](=O)OCCCCCCn1cc(CO[C@H]2C(O)[C@@H](CO[P+](=O)OC)O[C@H]2n2cnc3c(N)ncnc32)nn1. The normalized spacial score (nSPS) is 21.8. The van der Waals surface area contributed by atoms with Crippen molar-refractivity contribution in [1.29, 1.82) is 0 Å². The standard InChI is InChI=1S/C21H32N8O9P2/c1-33-39(31)36-8-6-4-3-5-7-28-9-14(26-27-28)10-35-18-17(30)15(11-37-40(32)34-2)38-21(18)29-13-25-16-19(22)23-12-24-20(16)29/h9,12-13,15,17-18,21,30H,3-8,10-11H2,1-2H3,(H2,22,23,24)/q+2/t15-,17?,18+,21-/m1/s1. The molecule has 1 aliphatic heterocycles. The molecule has 3 aromatic rings. The molecule has 3 N–H and O–H groups in total. The van der Waals surface area contributed by atoms with Gasteiger partial charge in [-0.05, 0) is 12.8 Å². The van der Waals surface area contributed by atoms with Crippen LogP contribution in [0.5, 0.6) is 0 Å². The fourth-order valence-electron chi connectivity index (χ4n) is 4.12. The number of hydrogen-bond donors (Lipinski definition) is 2. The van der Waals surface area contributed by atoms with Gasteiger partial charge >= 0.3 is 16.5 Å². The number of hydrogen-bond acceptors (Lipinski definition) is 15. The van der Waals surface area contributed by atoms with Crippen molar-refractivity contribution < 1.29 is 41.8 Å². The van der Waals surface area contributed by atoms with Crippen molar-refractivity contribution in [2.24, 2.45) is 0 Å². The Morgan fingerprint density at radius 3 is 2.65 bits per heavy atom. The summed E-state index contributed by atoms with van der Waals surface area (Å²) in [6.45, 7) is 0.896. The lowest BCUT2D eigenvalue weighted by molar-refractivity contribution is -0.0761. The average molecular weight is 602 g/mol. The molecule has 0 saturated carbocycles. The molecule has 0 bridgehead atoms. The first-order valence-electron chi connectivity index (χ1n) is 12.5. The first kappa shape index (κ1) is 30.4. The van der Waals surface area contributed by atoms with E-state index >= 15 is 0 Å². The van der Waals surface area contributed by atoms with E-state index in [4.69, 9.17) is 24.3 Å². The van der Waals surface area contributed by atoms with Gasteiger partial charge in [-0.3, -0.25) is 9.25 Å². The molecule has 4 rings (SSSR count). The predicted octanol–water partition coefficient (Wildman–Crippen LogP) is 2.04. The Balaban J connectivity index is 1.34. The zero-order chi connectivity index (χ0) is 28.5. The maximum Gasteiger partial charge on any atom is 0.697 e. The number of fused-ring (bicyclic) bond motifs is 1. The molecule has 0 radical (unpaired) electrons. The molecule has 0 amide bonds. The molecule has 1 saturated heterocycles. The molecule has 40 heavy (non-hydrogen) atoms. The number of anilines is 1. The van der Waals surface area contributed by atoms with Crippen LogP contribution < -0.4 is 5.73 Å². The molecule has 19 heteroatoms. The molecule has 218 valence electrons. The predicted molar refractivity (Wildman–Crippen MR) is 138 cm³/mol. The van der Waals surface area contributed by atoms with Gasteiger partial charge in [0, 0.05) is 15.7 Å². The van der Waals surface area contributed by atoms with Crippen molar-refractivity contribution in [3.8, 4) is 0 Å². The Labute approximate surface area is 231 Å².